The molecule has 0 aliphatic carbocycles. The first-order valence-electron chi connectivity index (χ1n) is 13.5. The number of rotatable bonds is 7. The standard InChI is InChI=1S/C33H30FN7/c1-5-22-16-25(26-19-36-40(3)20-26)17-27(34)32(22)41(4)29-18-28-31(35-21-39(28)2)33(37-29)38-30(23-12-8-6-9-13-23)24-14-10-7-11-15-24/h6-21H,5H2,1-4H3. The van der Waals surface area contributed by atoms with E-state index < -0.39 is 0 Å². The number of pyridine rings is 1. The van der Waals surface area contributed by atoms with E-state index in [1.165, 1.54) is 0 Å². The third-order valence-corrected chi connectivity index (χ3v) is 7.23. The number of nitrogens with zero attached hydrogens (tertiary/aromatic N) is 7. The fourth-order valence-corrected chi connectivity index (χ4v) is 5.09. The van der Waals surface area contributed by atoms with Crippen molar-refractivity contribution in [1.29, 1.82) is 0 Å². The topological polar surface area (TPSA) is 64.1 Å². The molecule has 3 aromatic carbocycles. The van der Waals surface area contributed by atoms with Gasteiger partial charge in [0.05, 0.1) is 29.4 Å². The van der Waals surface area contributed by atoms with Gasteiger partial charge in [-0.3, -0.25) is 4.68 Å². The molecule has 6 rings (SSSR count). The van der Waals surface area contributed by atoms with Gasteiger partial charge in [-0.15, -0.1) is 0 Å². The predicted molar refractivity (Wildman–Crippen MR) is 163 cm³/mol. The Hall–Kier alpha value is -5.11. The molecule has 0 amide bonds. The molecule has 0 spiro atoms. The molecule has 0 unspecified atom stereocenters. The summed E-state index contributed by atoms with van der Waals surface area (Å²) >= 11 is 0. The minimum atomic E-state index is -0.322. The Morgan fingerprint density at radius 3 is 2.22 bits per heavy atom. The second-order valence-electron chi connectivity index (χ2n) is 10.0. The molecular weight excluding hydrogens is 513 g/mol. The van der Waals surface area contributed by atoms with E-state index in [0.717, 1.165) is 39.0 Å². The summed E-state index contributed by atoms with van der Waals surface area (Å²) in [4.78, 5) is 16.5. The molecule has 0 radical (unpaired) electrons. The molecule has 0 aliphatic heterocycles. The number of halogens is 1. The van der Waals surface area contributed by atoms with Crippen LogP contribution in [0.2, 0.25) is 0 Å². The van der Waals surface area contributed by atoms with E-state index >= 15 is 4.39 Å². The summed E-state index contributed by atoms with van der Waals surface area (Å²) in [6.07, 6.45) is 6.03. The first kappa shape index (κ1) is 26.1. The van der Waals surface area contributed by atoms with Crippen molar-refractivity contribution in [2.45, 2.75) is 13.3 Å². The van der Waals surface area contributed by atoms with Crippen LogP contribution < -0.4 is 4.90 Å². The molecule has 0 saturated heterocycles. The van der Waals surface area contributed by atoms with Crippen LogP contribution in [0.25, 0.3) is 22.2 Å². The molecule has 8 heteroatoms. The zero-order valence-electron chi connectivity index (χ0n) is 23.5. The Morgan fingerprint density at radius 2 is 1.61 bits per heavy atom. The largest absolute Gasteiger partial charge is 0.334 e. The van der Waals surface area contributed by atoms with Gasteiger partial charge in [-0.25, -0.2) is 19.4 Å². The molecule has 0 saturated carbocycles. The van der Waals surface area contributed by atoms with Crippen molar-refractivity contribution in [3.63, 3.8) is 0 Å². The van der Waals surface area contributed by atoms with Crippen LogP contribution in [0.15, 0.2) is 103 Å². The van der Waals surface area contributed by atoms with Crippen LogP contribution in [0.3, 0.4) is 0 Å². The van der Waals surface area contributed by atoms with Gasteiger partial charge >= 0.3 is 0 Å². The molecule has 0 aliphatic rings. The Morgan fingerprint density at radius 1 is 0.927 bits per heavy atom. The highest BCUT2D eigenvalue weighted by Crippen LogP contribution is 2.36. The lowest BCUT2D eigenvalue weighted by atomic mass is 10.0. The molecular formula is C33H30FN7. The van der Waals surface area contributed by atoms with Gasteiger partial charge in [-0.1, -0.05) is 67.6 Å². The molecule has 7 nitrogen and oxygen atoms in total. The number of hydrogen-bond donors (Lipinski definition) is 0. The van der Waals surface area contributed by atoms with Crippen LogP contribution >= 0.6 is 0 Å². The van der Waals surface area contributed by atoms with E-state index in [4.69, 9.17) is 9.98 Å². The summed E-state index contributed by atoms with van der Waals surface area (Å²) in [6.45, 7) is 2.03. The van der Waals surface area contributed by atoms with Gasteiger partial charge in [-0.2, -0.15) is 5.10 Å². The van der Waals surface area contributed by atoms with Gasteiger partial charge in [0.1, 0.15) is 17.2 Å². The molecule has 0 N–H and O–H groups in total. The summed E-state index contributed by atoms with van der Waals surface area (Å²) in [5, 5.41) is 4.25. The summed E-state index contributed by atoms with van der Waals surface area (Å²) in [5.74, 6) is 0.720. The number of imidazole rings is 1. The minimum absolute atomic E-state index is 0.322. The van der Waals surface area contributed by atoms with Gasteiger partial charge in [0.2, 0.25) is 0 Å². The van der Waals surface area contributed by atoms with Crippen molar-refractivity contribution in [3.05, 3.63) is 120 Å². The summed E-state index contributed by atoms with van der Waals surface area (Å²) in [6, 6.07) is 25.6. The van der Waals surface area contributed by atoms with E-state index in [0.29, 0.717) is 29.3 Å². The number of aliphatic imine (C=N–C) groups is 1. The first-order valence-corrected chi connectivity index (χ1v) is 13.5. The molecule has 3 heterocycles. The Balaban J connectivity index is 1.51. The zero-order valence-corrected chi connectivity index (χ0v) is 23.5. The SMILES string of the molecule is CCc1cc(-c2cnn(C)c2)cc(F)c1N(C)c1cc2c(ncn2C)c(N=C(c2ccccc2)c2ccccc2)n1. The van der Waals surface area contributed by atoms with E-state index in [9.17, 15) is 0 Å². The van der Waals surface area contributed by atoms with Crippen LogP contribution in [-0.2, 0) is 20.5 Å². The maximum Gasteiger partial charge on any atom is 0.183 e. The van der Waals surface area contributed by atoms with Gasteiger partial charge in [0.25, 0.3) is 0 Å². The van der Waals surface area contributed by atoms with E-state index in [1.807, 2.05) is 112 Å². The van der Waals surface area contributed by atoms with Crippen LogP contribution in [0.5, 0.6) is 0 Å². The van der Waals surface area contributed by atoms with Crippen LogP contribution in [-0.4, -0.2) is 37.1 Å². The lowest BCUT2D eigenvalue weighted by molar-refractivity contribution is 0.625. The van der Waals surface area contributed by atoms with Crippen molar-refractivity contribution in [2.75, 3.05) is 11.9 Å². The van der Waals surface area contributed by atoms with Crippen molar-refractivity contribution in [3.8, 4) is 11.1 Å². The molecule has 0 atom stereocenters. The third kappa shape index (κ3) is 5.00. The van der Waals surface area contributed by atoms with Crippen molar-refractivity contribution < 1.29 is 4.39 Å². The number of anilines is 2. The maximum atomic E-state index is 15.9. The lowest BCUT2D eigenvalue weighted by Gasteiger charge is -2.23. The Labute approximate surface area is 238 Å². The normalized spacial score (nSPS) is 11.1. The minimum Gasteiger partial charge on any atom is -0.334 e. The van der Waals surface area contributed by atoms with E-state index in [1.54, 1.807) is 28.2 Å². The average molecular weight is 544 g/mol. The molecule has 204 valence electrons. The fraction of sp³-hybridized carbons (Fsp3) is 0.152. The number of hydrogen-bond acceptors (Lipinski definition) is 5. The highest BCUT2D eigenvalue weighted by Gasteiger charge is 2.21. The molecule has 0 fully saturated rings. The molecule has 3 aromatic heterocycles. The van der Waals surface area contributed by atoms with Crippen LogP contribution in [0.1, 0.15) is 23.6 Å². The molecule has 0 bridgehead atoms. The fourth-order valence-electron chi connectivity index (χ4n) is 5.09. The van der Waals surface area contributed by atoms with Gasteiger partial charge in [0, 0.05) is 50.1 Å². The summed E-state index contributed by atoms with van der Waals surface area (Å²) < 4.78 is 19.5. The zero-order chi connectivity index (χ0) is 28.5. The number of aryl methyl sites for hydroxylation is 3. The quantitative estimate of drug-likeness (QED) is 0.203. The number of fused-ring (bicyclic) bond motifs is 1. The highest BCUT2D eigenvalue weighted by atomic mass is 19.1. The second-order valence-corrected chi connectivity index (χ2v) is 10.0. The van der Waals surface area contributed by atoms with Crippen molar-refractivity contribution in [2.24, 2.45) is 19.1 Å². The van der Waals surface area contributed by atoms with E-state index in [2.05, 4.69) is 10.1 Å². The number of benzene rings is 3. The summed E-state index contributed by atoms with van der Waals surface area (Å²) in [7, 11) is 5.63. The van der Waals surface area contributed by atoms with E-state index in [-0.39, 0.29) is 5.82 Å². The molecule has 6 aromatic rings. The van der Waals surface area contributed by atoms with Crippen LogP contribution in [0.4, 0.5) is 21.7 Å². The van der Waals surface area contributed by atoms with Crippen molar-refractivity contribution >= 4 is 34.1 Å². The average Bonchev–Trinajstić information content (AvgIpc) is 3.61. The third-order valence-electron chi connectivity index (χ3n) is 7.23. The van der Waals surface area contributed by atoms with Gasteiger partial charge < -0.3 is 9.47 Å². The Bertz CT molecular complexity index is 1830. The summed E-state index contributed by atoms with van der Waals surface area (Å²) in [5.41, 5.74) is 7.27. The predicted octanol–water partition coefficient (Wildman–Crippen LogP) is 7.01. The Kier molecular flexibility index (Phi) is 6.89. The first-order chi connectivity index (χ1) is 19.9. The second kappa shape index (κ2) is 10.8. The van der Waals surface area contributed by atoms with Gasteiger partial charge in [-0.05, 0) is 29.7 Å². The lowest BCUT2D eigenvalue weighted by Crippen LogP contribution is -2.15. The monoisotopic (exact) mass is 543 g/mol. The van der Waals surface area contributed by atoms with Gasteiger partial charge in [0.15, 0.2) is 5.82 Å². The number of aromatic nitrogens is 5. The van der Waals surface area contributed by atoms with Crippen molar-refractivity contribution in [1.82, 2.24) is 24.3 Å². The molecule has 41 heavy (non-hydrogen) atoms. The highest BCUT2D eigenvalue weighted by molar-refractivity contribution is 6.14. The maximum absolute atomic E-state index is 15.9. The van der Waals surface area contributed by atoms with Crippen LogP contribution in [0, 0.1) is 5.82 Å². The smallest absolute Gasteiger partial charge is 0.183 e.